The third-order valence-corrected chi connectivity index (χ3v) is 4.59. The summed E-state index contributed by atoms with van der Waals surface area (Å²) in [5, 5.41) is 2.64. The Hall–Kier alpha value is -1.04. The van der Waals surface area contributed by atoms with Crippen molar-refractivity contribution in [3.63, 3.8) is 0 Å². The van der Waals surface area contributed by atoms with Crippen molar-refractivity contribution in [2.24, 2.45) is 0 Å². The molecule has 1 aromatic carbocycles. The number of halogens is 4. The van der Waals surface area contributed by atoms with E-state index in [1.807, 2.05) is 6.92 Å². The van der Waals surface area contributed by atoms with Gasteiger partial charge in [-0.3, -0.25) is 9.63 Å². The fraction of sp³-hybridized carbons (Fsp3) is 0.250. The molecule has 0 saturated carbocycles. The van der Waals surface area contributed by atoms with E-state index < -0.39 is 5.91 Å². The number of carbonyl (C=O) groups excluding carboxylic acids is 1. The van der Waals surface area contributed by atoms with Crippen LogP contribution >= 0.6 is 46.4 Å². The molecule has 1 heterocycles. The molecule has 0 spiro atoms. The number of hydroxylamine groups is 2. The van der Waals surface area contributed by atoms with E-state index in [1.54, 1.807) is 24.3 Å². The van der Waals surface area contributed by atoms with Crippen LogP contribution in [0.1, 0.15) is 22.8 Å². The lowest BCUT2D eigenvalue weighted by atomic mass is 10.1. The van der Waals surface area contributed by atoms with Gasteiger partial charge in [0, 0.05) is 21.3 Å². The molecule has 0 fully saturated rings. The first kappa shape index (κ1) is 19.3. The van der Waals surface area contributed by atoms with Crippen LogP contribution in [0.25, 0.3) is 0 Å². The molecule has 8 heteroatoms. The van der Waals surface area contributed by atoms with Gasteiger partial charge in [0.1, 0.15) is 5.15 Å². The van der Waals surface area contributed by atoms with Gasteiger partial charge < -0.3 is 0 Å². The number of nitrogens with zero attached hydrogens (tertiary/aromatic N) is 2. The van der Waals surface area contributed by atoms with Crippen molar-refractivity contribution in [3.05, 3.63) is 61.8 Å². The highest BCUT2D eigenvalue weighted by molar-refractivity contribution is 6.39. The van der Waals surface area contributed by atoms with Crippen LogP contribution in [-0.2, 0) is 11.3 Å². The Kier molecular flexibility index (Phi) is 6.72. The van der Waals surface area contributed by atoms with Crippen LogP contribution in [0.15, 0.2) is 30.5 Å². The standard InChI is InChI=1S/C16H14Cl4N2O2/c1-9(6-12-13(18)7-10(17)8-14(12)19)22(24-2)16(23)11-4-3-5-21-15(11)20/h3-5,7-9H,6H2,1-2H3. The molecule has 2 rings (SSSR count). The number of rotatable bonds is 5. The van der Waals surface area contributed by atoms with E-state index in [2.05, 4.69) is 4.98 Å². The highest BCUT2D eigenvalue weighted by Crippen LogP contribution is 2.31. The first-order valence-electron chi connectivity index (χ1n) is 6.96. The van der Waals surface area contributed by atoms with Crippen LogP contribution in [0.5, 0.6) is 0 Å². The highest BCUT2D eigenvalue weighted by Gasteiger charge is 2.25. The van der Waals surface area contributed by atoms with Gasteiger partial charge in [-0.15, -0.1) is 0 Å². The second-order valence-corrected chi connectivity index (χ2v) is 6.67. The van der Waals surface area contributed by atoms with Crippen LogP contribution in [-0.4, -0.2) is 29.1 Å². The number of hydrogen-bond acceptors (Lipinski definition) is 3. The molecule has 2 aromatic rings. The molecule has 0 aliphatic rings. The predicted octanol–water partition coefficient (Wildman–Crippen LogP) is 5.33. The fourth-order valence-corrected chi connectivity index (χ4v) is 3.44. The summed E-state index contributed by atoms with van der Waals surface area (Å²) in [5.74, 6) is -0.399. The molecule has 0 N–H and O–H groups in total. The Morgan fingerprint density at radius 2 is 1.88 bits per heavy atom. The van der Waals surface area contributed by atoms with Crippen molar-refractivity contribution < 1.29 is 9.63 Å². The molecule has 24 heavy (non-hydrogen) atoms. The van der Waals surface area contributed by atoms with Gasteiger partial charge in [0.2, 0.25) is 0 Å². The monoisotopic (exact) mass is 406 g/mol. The van der Waals surface area contributed by atoms with E-state index in [1.165, 1.54) is 18.4 Å². The number of aromatic nitrogens is 1. The molecule has 1 amide bonds. The van der Waals surface area contributed by atoms with Crippen molar-refractivity contribution >= 4 is 52.3 Å². The second-order valence-electron chi connectivity index (χ2n) is 5.06. The van der Waals surface area contributed by atoms with Crippen LogP contribution in [0.4, 0.5) is 0 Å². The number of pyridine rings is 1. The van der Waals surface area contributed by atoms with E-state index in [-0.39, 0.29) is 16.8 Å². The Morgan fingerprint density at radius 1 is 1.25 bits per heavy atom. The minimum Gasteiger partial charge on any atom is -0.274 e. The average Bonchev–Trinajstić information content (AvgIpc) is 2.51. The molecular weight excluding hydrogens is 394 g/mol. The molecular formula is C16H14Cl4N2O2. The predicted molar refractivity (Wildman–Crippen MR) is 97.1 cm³/mol. The molecule has 0 aliphatic carbocycles. The molecule has 0 bridgehead atoms. The van der Waals surface area contributed by atoms with Gasteiger partial charge in [-0.25, -0.2) is 10.0 Å². The molecule has 0 aliphatic heterocycles. The fourth-order valence-electron chi connectivity index (χ4n) is 2.27. The van der Waals surface area contributed by atoms with Gasteiger partial charge in [-0.05, 0) is 43.2 Å². The van der Waals surface area contributed by atoms with Gasteiger partial charge in [-0.2, -0.15) is 0 Å². The van der Waals surface area contributed by atoms with Gasteiger partial charge in [0.25, 0.3) is 5.91 Å². The number of benzene rings is 1. The summed E-state index contributed by atoms with van der Waals surface area (Å²) < 4.78 is 0. The maximum atomic E-state index is 12.6. The first-order valence-corrected chi connectivity index (χ1v) is 8.48. The van der Waals surface area contributed by atoms with E-state index in [4.69, 9.17) is 51.2 Å². The SMILES string of the molecule is CON(C(=O)c1cccnc1Cl)C(C)Cc1c(Cl)cc(Cl)cc1Cl. The Morgan fingerprint density at radius 3 is 2.42 bits per heavy atom. The van der Waals surface area contributed by atoms with Crippen molar-refractivity contribution in [3.8, 4) is 0 Å². The average molecular weight is 408 g/mol. The Labute approximate surface area is 160 Å². The van der Waals surface area contributed by atoms with Crippen molar-refractivity contribution in [2.75, 3.05) is 7.11 Å². The topological polar surface area (TPSA) is 42.4 Å². The molecule has 0 saturated heterocycles. The molecule has 0 radical (unpaired) electrons. The van der Waals surface area contributed by atoms with Crippen LogP contribution in [0.3, 0.4) is 0 Å². The van der Waals surface area contributed by atoms with E-state index in [0.717, 1.165) is 0 Å². The van der Waals surface area contributed by atoms with Crippen LogP contribution in [0, 0.1) is 0 Å². The van der Waals surface area contributed by atoms with E-state index in [9.17, 15) is 4.79 Å². The number of amides is 1. The summed E-state index contributed by atoms with van der Waals surface area (Å²) in [7, 11) is 1.41. The Balaban J connectivity index is 2.25. The summed E-state index contributed by atoms with van der Waals surface area (Å²) in [6, 6.07) is 6.07. The number of hydrogen-bond donors (Lipinski definition) is 0. The highest BCUT2D eigenvalue weighted by atomic mass is 35.5. The van der Waals surface area contributed by atoms with Crippen LogP contribution in [0.2, 0.25) is 20.2 Å². The van der Waals surface area contributed by atoms with E-state index >= 15 is 0 Å². The lowest BCUT2D eigenvalue weighted by Gasteiger charge is -2.27. The van der Waals surface area contributed by atoms with Crippen molar-refractivity contribution in [2.45, 2.75) is 19.4 Å². The quantitative estimate of drug-likeness (QED) is 0.496. The lowest BCUT2D eigenvalue weighted by Crippen LogP contribution is -2.39. The van der Waals surface area contributed by atoms with Crippen molar-refractivity contribution in [1.82, 2.24) is 10.0 Å². The van der Waals surface area contributed by atoms with E-state index in [0.29, 0.717) is 27.1 Å². The maximum absolute atomic E-state index is 12.6. The molecule has 1 unspecified atom stereocenters. The minimum atomic E-state index is -0.399. The summed E-state index contributed by atoms with van der Waals surface area (Å²) >= 11 is 24.3. The van der Waals surface area contributed by atoms with Gasteiger partial charge in [0.05, 0.1) is 18.7 Å². The van der Waals surface area contributed by atoms with Gasteiger partial charge >= 0.3 is 0 Å². The van der Waals surface area contributed by atoms with Gasteiger partial charge in [-0.1, -0.05) is 46.4 Å². The zero-order valence-electron chi connectivity index (χ0n) is 12.9. The summed E-state index contributed by atoms with van der Waals surface area (Å²) in [6.07, 6.45) is 1.89. The summed E-state index contributed by atoms with van der Waals surface area (Å²) in [6.45, 7) is 1.81. The van der Waals surface area contributed by atoms with Gasteiger partial charge in [0.15, 0.2) is 0 Å². The third-order valence-electron chi connectivity index (χ3n) is 3.39. The second kappa shape index (κ2) is 8.37. The Bertz CT molecular complexity index is 732. The smallest absolute Gasteiger partial charge is 0.274 e. The third kappa shape index (κ3) is 4.32. The molecule has 1 aromatic heterocycles. The lowest BCUT2D eigenvalue weighted by molar-refractivity contribution is -0.119. The maximum Gasteiger partial charge on any atom is 0.280 e. The molecule has 1 atom stereocenters. The zero-order chi connectivity index (χ0) is 17.9. The summed E-state index contributed by atoms with van der Waals surface area (Å²) in [5.41, 5.74) is 0.934. The summed E-state index contributed by atoms with van der Waals surface area (Å²) in [4.78, 5) is 21.8. The largest absolute Gasteiger partial charge is 0.280 e. The van der Waals surface area contributed by atoms with Crippen molar-refractivity contribution in [1.29, 1.82) is 0 Å². The first-order chi connectivity index (χ1) is 11.3. The normalized spacial score (nSPS) is 12.1. The minimum absolute atomic E-state index is 0.110. The number of carbonyl (C=O) groups is 1. The van der Waals surface area contributed by atoms with Crippen LogP contribution < -0.4 is 0 Å². The molecule has 4 nitrogen and oxygen atoms in total. The zero-order valence-corrected chi connectivity index (χ0v) is 15.9. The molecule has 128 valence electrons.